The molecule has 1 aliphatic rings. The van der Waals surface area contributed by atoms with Crippen molar-refractivity contribution in [3.05, 3.63) is 59.4 Å². The minimum absolute atomic E-state index is 0.166. The van der Waals surface area contributed by atoms with Crippen LogP contribution in [0.15, 0.2) is 52.4 Å². The van der Waals surface area contributed by atoms with Gasteiger partial charge in [0.1, 0.15) is 5.52 Å². The highest BCUT2D eigenvalue weighted by Gasteiger charge is 2.31. The molecule has 8 heteroatoms. The highest BCUT2D eigenvalue weighted by molar-refractivity contribution is 5.80. The molecule has 3 rings (SSSR count). The van der Waals surface area contributed by atoms with Gasteiger partial charge in [-0.15, -0.1) is 0 Å². The van der Waals surface area contributed by atoms with Crippen molar-refractivity contribution in [3.63, 3.8) is 0 Å². The molecule has 138 valence electrons. The lowest BCUT2D eigenvalue weighted by atomic mass is 10.1. The number of hydrazine groups is 1. The number of fused-ring (bicyclic) bond motifs is 1. The summed E-state index contributed by atoms with van der Waals surface area (Å²) in [5.74, 6) is 0.253. The van der Waals surface area contributed by atoms with Gasteiger partial charge < -0.3 is 9.73 Å². The van der Waals surface area contributed by atoms with Crippen LogP contribution >= 0.6 is 0 Å². The number of nitrogens with one attached hydrogen (secondary N) is 2. The summed E-state index contributed by atoms with van der Waals surface area (Å²) in [5.41, 5.74) is 5.48. The van der Waals surface area contributed by atoms with Crippen molar-refractivity contribution in [2.75, 3.05) is 13.6 Å². The summed E-state index contributed by atoms with van der Waals surface area (Å²) in [6.45, 7) is 4.53. The summed E-state index contributed by atoms with van der Waals surface area (Å²) < 4.78 is 44.4. The molecule has 2 aromatic rings. The zero-order valence-electron chi connectivity index (χ0n) is 14.6. The van der Waals surface area contributed by atoms with Crippen LogP contribution in [-0.2, 0) is 6.18 Å². The van der Waals surface area contributed by atoms with E-state index in [0.717, 1.165) is 23.4 Å². The Hall–Kier alpha value is -2.74. The Labute approximate surface area is 148 Å². The molecule has 0 spiro atoms. The van der Waals surface area contributed by atoms with Crippen LogP contribution in [0.3, 0.4) is 0 Å². The molecule has 0 atom stereocenters. The van der Waals surface area contributed by atoms with Crippen molar-refractivity contribution in [2.45, 2.75) is 20.0 Å². The van der Waals surface area contributed by atoms with Gasteiger partial charge in [0.25, 0.3) is 0 Å². The lowest BCUT2D eigenvalue weighted by Crippen LogP contribution is -2.29. The van der Waals surface area contributed by atoms with Gasteiger partial charge in [-0.1, -0.05) is 6.08 Å². The number of hydrogen-bond donors (Lipinski definition) is 2. The van der Waals surface area contributed by atoms with Crippen LogP contribution in [0, 0.1) is 0 Å². The second-order valence-corrected chi connectivity index (χ2v) is 5.90. The summed E-state index contributed by atoms with van der Waals surface area (Å²) in [7, 11) is 1.77. The molecule has 0 unspecified atom stereocenters. The fraction of sp³-hybridized carbons (Fsp3) is 0.278. The minimum atomic E-state index is -4.42. The fourth-order valence-corrected chi connectivity index (χ4v) is 2.69. The smallest absolute Gasteiger partial charge is 0.416 e. The van der Waals surface area contributed by atoms with Gasteiger partial charge in [-0.3, -0.25) is 5.01 Å². The number of oxazole rings is 1. The predicted octanol–water partition coefficient (Wildman–Crippen LogP) is 4.03. The van der Waals surface area contributed by atoms with Crippen LogP contribution in [0.4, 0.5) is 13.2 Å². The zero-order chi connectivity index (χ0) is 18.9. The Morgan fingerprint density at radius 2 is 2.15 bits per heavy atom. The number of nitrogens with zero attached hydrogens (tertiary/aromatic N) is 2. The van der Waals surface area contributed by atoms with Crippen LogP contribution in [0.1, 0.15) is 25.3 Å². The standard InChI is InChI=1S/C18H19F3N4O/c1-4-13(15(9-22-3)25-10-11(2)8-23-25)17-24-14-7-12(18(19,20)21)5-6-16(14)26-17/h4-7,9-10,22-23H,8H2,1-3H3/b13-4+,15-9+. The van der Waals surface area contributed by atoms with Crippen LogP contribution in [-0.4, -0.2) is 23.6 Å². The maximum absolute atomic E-state index is 12.9. The summed E-state index contributed by atoms with van der Waals surface area (Å²) in [6.07, 6.45) is 1.10. The highest BCUT2D eigenvalue weighted by atomic mass is 19.4. The second-order valence-electron chi connectivity index (χ2n) is 5.90. The third-order valence-corrected chi connectivity index (χ3v) is 3.93. The van der Waals surface area contributed by atoms with E-state index in [9.17, 15) is 13.2 Å². The summed E-state index contributed by atoms with van der Waals surface area (Å²) in [4.78, 5) is 4.27. The maximum atomic E-state index is 12.9. The van der Waals surface area contributed by atoms with E-state index in [0.29, 0.717) is 17.7 Å². The molecule has 1 aliphatic heterocycles. The van der Waals surface area contributed by atoms with Gasteiger partial charge in [-0.2, -0.15) is 13.2 Å². The van der Waals surface area contributed by atoms with Gasteiger partial charge in [-0.05, 0) is 37.6 Å². The van der Waals surface area contributed by atoms with E-state index in [1.165, 1.54) is 6.07 Å². The van der Waals surface area contributed by atoms with Gasteiger partial charge in [0.15, 0.2) is 5.58 Å². The van der Waals surface area contributed by atoms with Gasteiger partial charge in [-0.25, -0.2) is 10.4 Å². The van der Waals surface area contributed by atoms with E-state index in [4.69, 9.17) is 4.42 Å². The van der Waals surface area contributed by atoms with Crippen LogP contribution < -0.4 is 10.7 Å². The van der Waals surface area contributed by atoms with Crippen molar-refractivity contribution < 1.29 is 17.6 Å². The SMILES string of the molecule is C/C=C(\C(=C/NC)N1C=C(C)CN1)c1nc2cc(C(F)(F)F)ccc2o1. The molecule has 1 aromatic carbocycles. The maximum Gasteiger partial charge on any atom is 0.416 e. The molecule has 0 radical (unpaired) electrons. The van der Waals surface area contributed by atoms with E-state index in [1.807, 2.05) is 31.1 Å². The number of rotatable bonds is 4. The Bertz CT molecular complexity index is 909. The summed E-state index contributed by atoms with van der Waals surface area (Å²) in [6, 6.07) is 3.28. The molecule has 0 bridgehead atoms. The Morgan fingerprint density at radius 1 is 1.38 bits per heavy atom. The first kappa shape index (κ1) is 18.1. The molecule has 0 saturated heterocycles. The molecule has 2 heterocycles. The quantitative estimate of drug-likeness (QED) is 0.802. The normalized spacial score (nSPS) is 16.4. The number of halogens is 3. The van der Waals surface area contributed by atoms with Gasteiger partial charge in [0.2, 0.25) is 5.89 Å². The van der Waals surface area contributed by atoms with Gasteiger partial charge >= 0.3 is 6.18 Å². The van der Waals surface area contributed by atoms with E-state index >= 15 is 0 Å². The van der Waals surface area contributed by atoms with Crippen molar-refractivity contribution in [1.82, 2.24) is 20.7 Å². The molecule has 0 amide bonds. The first-order valence-electron chi connectivity index (χ1n) is 8.06. The third kappa shape index (κ3) is 3.45. The third-order valence-electron chi connectivity index (χ3n) is 3.93. The Kier molecular flexibility index (Phi) is 4.78. The number of aromatic nitrogens is 1. The number of alkyl halides is 3. The van der Waals surface area contributed by atoms with Crippen molar-refractivity contribution in [1.29, 1.82) is 0 Å². The highest BCUT2D eigenvalue weighted by Crippen LogP contribution is 2.33. The monoisotopic (exact) mass is 364 g/mol. The number of benzene rings is 1. The van der Waals surface area contributed by atoms with Crippen LogP contribution in [0.5, 0.6) is 0 Å². The first-order chi connectivity index (χ1) is 12.3. The van der Waals surface area contributed by atoms with Crippen molar-refractivity contribution in [3.8, 4) is 0 Å². The topological polar surface area (TPSA) is 53.3 Å². The first-order valence-corrected chi connectivity index (χ1v) is 8.06. The van der Waals surface area contributed by atoms with E-state index in [1.54, 1.807) is 13.2 Å². The molecule has 0 aliphatic carbocycles. The molecule has 1 aromatic heterocycles. The summed E-state index contributed by atoms with van der Waals surface area (Å²) in [5, 5.41) is 4.81. The lowest BCUT2D eigenvalue weighted by molar-refractivity contribution is -0.137. The second kappa shape index (κ2) is 6.87. The molecule has 0 saturated carbocycles. The van der Waals surface area contributed by atoms with E-state index < -0.39 is 11.7 Å². The molecule has 5 nitrogen and oxygen atoms in total. The molecular weight excluding hydrogens is 345 g/mol. The average molecular weight is 364 g/mol. The molecule has 0 fully saturated rings. The van der Waals surface area contributed by atoms with Crippen LogP contribution in [0.2, 0.25) is 0 Å². The fourth-order valence-electron chi connectivity index (χ4n) is 2.69. The molecule has 26 heavy (non-hydrogen) atoms. The van der Waals surface area contributed by atoms with E-state index in [2.05, 4.69) is 15.7 Å². The minimum Gasteiger partial charge on any atom is -0.436 e. The number of allylic oxidation sites excluding steroid dienone is 2. The Balaban J connectivity index is 2.03. The predicted molar refractivity (Wildman–Crippen MR) is 93.4 cm³/mol. The van der Waals surface area contributed by atoms with E-state index in [-0.39, 0.29) is 11.4 Å². The van der Waals surface area contributed by atoms with Crippen molar-refractivity contribution >= 4 is 16.7 Å². The number of hydrogen-bond acceptors (Lipinski definition) is 5. The Morgan fingerprint density at radius 3 is 2.73 bits per heavy atom. The van der Waals surface area contributed by atoms with Crippen LogP contribution in [0.25, 0.3) is 16.7 Å². The molecule has 2 N–H and O–H groups in total. The van der Waals surface area contributed by atoms with Gasteiger partial charge in [0.05, 0.1) is 16.8 Å². The largest absolute Gasteiger partial charge is 0.436 e. The van der Waals surface area contributed by atoms with Crippen molar-refractivity contribution in [2.24, 2.45) is 0 Å². The molecular formula is C18H19F3N4O. The van der Waals surface area contributed by atoms with Gasteiger partial charge in [0, 0.05) is 26.0 Å². The average Bonchev–Trinajstić information content (AvgIpc) is 3.19. The lowest BCUT2D eigenvalue weighted by Gasteiger charge is -2.20. The summed E-state index contributed by atoms with van der Waals surface area (Å²) >= 11 is 0. The zero-order valence-corrected chi connectivity index (χ0v) is 14.6.